The Morgan fingerprint density at radius 3 is 3.00 bits per heavy atom. The zero-order valence-electron chi connectivity index (χ0n) is 6.41. The van der Waals surface area contributed by atoms with E-state index in [2.05, 4.69) is 4.74 Å². The van der Waals surface area contributed by atoms with Gasteiger partial charge in [0.15, 0.2) is 0 Å². The van der Waals surface area contributed by atoms with E-state index in [-0.39, 0.29) is 5.97 Å². The van der Waals surface area contributed by atoms with Gasteiger partial charge >= 0.3 is 5.97 Å². The van der Waals surface area contributed by atoms with E-state index in [1.54, 1.807) is 12.1 Å². The highest BCUT2D eigenvalue weighted by atomic mass is 35.5. The first kappa shape index (κ1) is 9.29. The number of halogens is 1. The van der Waals surface area contributed by atoms with Crippen LogP contribution in [0, 0.1) is 0 Å². The topological polar surface area (TPSA) is 26.3 Å². The Morgan fingerprint density at radius 2 is 2.50 bits per heavy atom. The van der Waals surface area contributed by atoms with Crippen LogP contribution in [0.5, 0.6) is 0 Å². The van der Waals surface area contributed by atoms with Crippen LogP contribution in [-0.2, 0) is 9.53 Å². The van der Waals surface area contributed by atoms with Gasteiger partial charge in [-0.05, 0) is 23.1 Å². The van der Waals surface area contributed by atoms with Crippen LogP contribution in [0.1, 0.15) is 5.56 Å². The molecule has 0 aliphatic carbocycles. The quantitative estimate of drug-likeness (QED) is 0.544. The Balaban J connectivity index is 2.63. The first-order valence-electron chi connectivity index (χ1n) is 3.22. The Bertz CT molecular complexity index is 304. The van der Waals surface area contributed by atoms with Crippen LogP contribution in [0.15, 0.2) is 17.5 Å². The van der Waals surface area contributed by atoms with E-state index in [1.165, 1.54) is 24.5 Å². The van der Waals surface area contributed by atoms with Crippen LogP contribution in [0.4, 0.5) is 0 Å². The minimum absolute atomic E-state index is 0.364. The lowest BCUT2D eigenvalue weighted by molar-refractivity contribution is -0.134. The summed E-state index contributed by atoms with van der Waals surface area (Å²) in [6.07, 6.45) is 3.02. The SMILES string of the molecule is COC(=O)/C=C/c1csc(Cl)c1. The number of methoxy groups -OCH3 is 1. The molecular weight excluding hydrogens is 196 g/mol. The van der Waals surface area contributed by atoms with Gasteiger partial charge in [-0.15, -0.1) is 11.3 Å². The van der Waals surface area contributed by atoms with E-state index in [1.807, 2.05) is 5.38 Å². The Hall–Kier alpha value is -0.800. The van der Waals surface area contributed by atoms with Gasteiger partial charge in [0, 0.05) is 6.08 Å². The van der Waals surface area contributed by atoms with E-state index >= 15 is 0 Å². The molecule has 1 aromatic heterocycles. The van der Waals surface area contributed by atoms with Gasteiger partial charge in [-0.2, -0.15) is 0 Å². The first-order valence-corrected chi connectivity index (χ1v) is 4.48. The fourth-order valence-corrected chi connectivity index (χ4v) is 1.50. The molecule has 0 aromatic carbocycles. The van der Waals surface area contributed by atoms with Crippen molar-refractivity contribution >= 4 is 35.0 Å². The van der Waals surface area contributed by atoms with Crippen LogP contribution in [0.3, 0.4) is 0 Å². The largest absolute Gasteiger partial charge is 0.466 e. The van der Waals surface area contributed by atoms with Gasteiger partial charge in [-0.25, -0.2) is 4.79 Å². The minimum Gasteiger partial charge on any atom is -0.466 e. The summed E-state index contributed by atoms with van der Waals surface area (Å²) in [5, 5.41) is 1.86. The molecule has 0 aliphatic heterocycles. The summed E-state index contributed by atoms with van der Waals surface area (Å²) in [7, 11) is 1.34. The maximum Gasteiger partial charge on any atom is 0.330 e. The summed E-state index contributed by atoms with van der Waals surface area (Å²) in [6.45, 7) is 0. The third-order valence-electron chi connectivity index (χ3n) is 1.20. The second-order valence-corrected chi connectivity index (χ2v) is 3.58. The summed E-state index contributed by atoms with van der Waals surface area (Å²) in [5.74, 6) is -0.364. The second-order valence-electron chi connectivity index (χ2n) is 2.04. The summed E-state index contributed by atoms with van der Waals surface area (Å²) in [5.41, 5.74) is 0.912. The van der Waals surface area contributed by atoms with Crippen molar-refractivity contribution in [2.75, 3.05) is 7.11 Å². The molecule has 0 saturated carbocycles. The van der Waals surface area contributed by atoms with Crippen LogP contribution in [-0.4, -0.2) is 13.1 Å². The van der Waals surface area contributed by atoms with Gasteiger partial charge in [0.1, 0.15) is 0 Å². The molecule has 0 unspecified atom stereocenters. The molecule has 2 nitrogen and oxygen atoms in total. The molecule has 64 valence electrons. The summed E-state index contributed by atoms with van der Waals surface area (Å²) in [4.78, 5) is 10.7. The predicted octanol–water partition coefficient (Wildman–Crippen LogP) is 2.59. The molecule has 4 heteroatoms. The molecular formula is C8H7ClO2S. The number of ether oxygens (including phenoxy) is 1. The first-order chi connectivity index (χ1) is 5.72. The normalized spacial score (nSPS) is 10.5. The molecule has 0 fully saturated rings. The minimum atomic E-state index is -0.364. The maximum atomic E-state index is 10.7. The molecule has 0 spiro atoms. The zero-order chi connectivity index (χ0) is 8.97. The lowest BCUT2D eigenvalue weighted by Crippen LogP contribution is -1.92. The number of thiophene rings is 1. The van der Waals surface area contributed by atoms with Crippen LogP contribution < -0.4 is 0 Å². The number of esters is 1. The van der Waals surface area contributed by atoms with Crippen LogP contribution >= 0.6 is 22.9 Å². The Labute approximate surface area is 79.4 Å². The van der Waals surface area contributed by atoms with Crippen molar-refractivity contribution in [3.8, 4) is 0 Å². The number of hydrogen-bond donors (Lipinski definition) is 0. The van der Waals surface area contributed by atoms with E-state index in [0.717, 1.165) is 5.56 Å². The van der Waals surface area contributed by atoms with Gasteiger partial charge < -0.3 is 4.74 Å². The summed E-state index contributed by atoms with van der Waals surface area (Å²) in [6, 6.07) is 1.78. The zero-order valence-corrected chi connectivity index (χ0v) is 7.98. The molecule has 0 N–H and O–H groups in total. The van der Waals surface area contributed by atoms with Crippen molar-refractivity contribution in [2.45, 2.75) is 0 Å². The molecule has 0 atom stereocenters. The third-order valence-corrected chi connectivity index (χ3v) is 2.31. The smallest absolute Gasteiger partial charge is 0.330 e. The summed E-state index contributed by atoms with van der Waals surface area (Å²) >= 11 is 7.10. The van der Waals surface area contributed by atoms with Crippen molar-refractivity contribution in [2.24, 2.45) is 0 Å². The molecule has 0 radical (unpaired) electrons. The molecule has 1 aromatic rings. The van der Waals surface area contributed by atoms with Crippen molar-refractivity contribution in [3.05, 3.63) is 27.4 Å². The molecule has 12 heavy (non-hydrogen) atoms. The van der Waals surface area contributed by atoms with Crippen LogP contribution in [0.25, 0.3) is 6.08 Å². The molecule has 1 heterocycles. The highest BCUT2D eigenvalue weighted by Crippen LogP contribution is 2.20. The van der Waals surface area contributed by atoms with Gasteiger partial charge in [0.2, 0.25) is 0 Å². The fourth-order valence-electron chi connectivity index (χ4n) is 0.643. The van der Waals surface area contributed by atoms with Gasteiger partial charge in [0.25, 0.3) is 0 Å². The van der Waals surface area contributed by atoms with Crippen molar-refractivity contribution in [3.63, 3.8) is 0 Å². The Morgan fingerprint density at radius 1 is 1.75 bits per heavy atom. The highest BCUT2D eigenvalue weighted by Gasteiger charge is 1.94. The number of carbonyl (C=O) groups is 1. The number of rotatable bonds is 2. The Kier molecular flexibility index (Phi) is 3.31. The van der Waals surface area contributed by atoms with Crippen molar-refractivity contribution in [1.82, 2.24) is 0 Å². The number of carbonyl (C=O) groups excluding carboxylic acids is 1. The maximum absolute atomic E-state index is 10.7. The monoisotopic (exact) mass is 202 g/mol. The average molecular weight is 203 g/mol. The summed E-state index contributed by atoms with van der Waals surface area (Å²) < 4.78 is 5.13. The fraction of sp³-hybridized carbons (Fsp3) is 0.125. The van der Waals surface area contributed by atoms with E-state index < -0.39 is 0 Å². The third kappa shape index (κ3) is 2.68. The number of hydrogen-bond acceptors (Lipinski definition) is 3. The van der Waals surface area contributed by atoms with Gasteiger partial charge in [0.05, 0.1) is 11.4 Å². The molecule has 0 saturated heterocycles. The predicted molar refractivity (Wildman–Crippen MR) is 50.4 cm³/mol. The van der Waals surface area contributed by atoms with Crippen LogP contribution in [0.2, 0.25) is 4.34 Å². The molecule has 0 amide bonds. The van der Waals surface area contributed by atoms with Crippen molar-refractivity contribution in [1.29, 1.82) is 0 Å². The van der Waals surface area contributed by atoms with E-state index in [0.29, 0.717) is 4.34 Å². The van der Waals surface area contributed by atoms with Gasteiger partial charge in [-0.1, -0.05) is 11.6 Å². The van der Waals surface area contributed by atoms with Gasteiger partial charge in [-0.3, -0.25) is 0 Å². The second kappa shape index (κ2) is 4.28. The standard InChI is InChI=1S/C8H7ClO2S/c1-11-8(10)3-2-6-4-7(9)12-5-6/h2-5H,1H3/b3-2+. The average Bonchev–Trinajstić information content (AvgIpc) is 2.47. The highest BCUT2D eigenvalue weighted by molar-refractivity contribution is 7.14. The van der Waals surface area contributed by atoms with E-state index in [9.17, 15) is 4.79 Å². The van der Waals surface area contributed by atoms with Crippen molar-refractivity contribution < 1.29 is 9.53 Å². The molecule has 0 aliphatic rings. The van der Waals surface area contributed by atoms with E-state index in [4.69, 9.17) is 11.6 Å². The molecule has 1 rings (SSSR count). The lowest BCUT2D eigenvalue weighted by Gasteiger charge is -1.87. The lowest BCUT2D eigenvalue weighted by atomic mass is 10.3. The molecule has 0 bridgehead atoms.